The van der Waals surface area contributed by atoms with Crippen LogP contribution in [0.1, 0.15) is 24.5 Å². The van der Waals surface area contributed by atoms with Crippen LogP contribution in [0.5, 0.6) is 0 Å². The van der Waals surface area contributed by atoms with E-state index >= 15 is 0 Å². The van der Waals surface area contributed by atoms with Gasteiger partial charge in [0.15, 0.2) is 5.58 Å². The Morgan fingerprint density at radius 1 is 1.25 bits per heavy atom. The summed E-state index contributed by atoms with van der Waals surface area (Å²) in [6, 6.07) is 7.94. The lowest BCUT2D eigenvalue weighted by Gasteiger charge is -2.26. The van der Waals surface area contributed by atoms with Crippen molar-refractivity contribution in [1.29, 1.82) is 0 Å². The number of hydroxylamine groups is 2. The van der Waals surface area contributed by atoms with E-state index in [1.54, 1.807) is 0 Å². The van der Waals surface area contributed by atoms with Crippen LogP contribution in [0.3, 0.4) is 0 Å². The molecule has 4 nitrogen and oxygen atoms in total. The van der Waals surface area contributed by atoms with Crippen molar-refractivity contribution < 1.29 is 9.73 Å². The number of hydrogen-bond acceptors (Lipinski definition) is 4. The minimum absolute atomic E-state index is 0.409. The largest absolute Gasteiger partial charge is 0.356 e. The van der Waals surface area contributed by atoms with E-state index in [1.165, 1.54) is 5.06 Å². The summed E-state index contributed by atoms with van der Waals surface area (Å²) in [6.07, 6.45) is 1.88. The highest BCUT2D eigenvalue weighted by molar-refractivity contribution is 5.79. The van der Waals surface area contributed by atoms with Crippen LogP contribution >= 0.6 is 0 Å². The predicted molar refractivity (Wildman–Crippen MR) is 59.3 cm³/mol. The molecule has 1 fully saturated rings. The third-order valence-corrected chi connectivity index (χ3v) is 3.26. The van der Waals surface area contributed by atoms with Crippen molar-refractivity contribution in [3.05, 3.63) is 30.0 Å². The molecule has 1 saturated heterocycles. The average molecular weight is 218 g/mol. The van der Waals surface area contributed by atoms with Crippen LogP contribution in [-0.2, 0) is 0 Å². The van der Waals surface area contributed by atoms with Crippen molar-refractivity contribution in [1.82, 2.24) is 10.2 Å². The fourth-order valence-corrected chi connectivity index (χ4v) is 2.34. The zero-order valence-corrected chi connectivity index (χ0v) is 8.97. The zero-order valence-electron chi connectivity index (χ0n) is 8.97. The Hall–Kier alpha value is -1.39. The second-order valence-corrected chi connectivity index (χ2v) is 4.29. The molecule has 0 aliphatic carbocycles. The van der Waals surface area contributed by atoms with Crippen LogP contribution < -0.4 is 0 Å². The topological polar surface area (TPSA) is 49.5 Å². The van der Waals surface area contributed by atoms with Crippen molar-refractivity contribution >= 4 is 11.0 Å². The molecular formula is C12H14N2O2. The van der Waals surface area contributed by atoms with Crippen LogP contribution in [0.4, 0.5) is 0 Å². The number of aromatic nitrogens is 1. The summed E-state index contributed by atoms with van der Waals surface area (Å²) >= 11 is 0. The van der Waals surface area contributed by atoms with Gasteiger partial charge in [0.05, 0.1) is 5.69 Å². The van der Waals surface area contributed by atoms with E-state index in [9.17, 15) is 5.21 Å². The average Bonchev–Trinajstić information content (AvgIpc) is 2.74. The van der Waals surface area contributed by atoms with Gasteiger partial charge in [0.25, 0.3) is 0 Å². The smallest absolute Gasteiger partial charge is 0.167 e. The van der Waals surface area contributed by atoms with Gasteiger partial charge in [-0.25, -0.2) is 0 Å². The molecule has 0 saturated carbocycles. The van der Waals surface area contributed by atoms with Gasteiger partial charge in [0, 0.05) is 24.4 Å². The van der Waals surface area contributed by atoms with E-state index in [0.29, 0.717) is 19.0 Å². The number of piperidine rings is 1. The Morgan fingerprint density at radius 3 is 2.81 bits per heavy atom. The number of benzene rings is 1. The highest BCUT2D eigenvalue weighted by atomic mass is 16.5. The van der Waals surface area contributed by atoms with Gasteiger partial charge in [0.1, 0.15) is 0 Å². The minimum atomic E-state index is 0.409. The molecule has 1 aliphatic rings. The lowest BCUT2D eigenvalue weighted by molar-refractivity contribution is -0.106. The van der Waals surface area contributed by atoms with E-state index in [2.05, 4.69) is 5.16 Å². The van der Waals surface area contributed by atoms with Gasteiger partial charge in [-0.3, -0.25) is 0 Å². The van der Waals surface area contributed by atoms with E-state index in [-0.39, 0.29) is 0 Å². The van der Waals surface area contributed by atoms with Crippen molar-refractivity contribution in [3.63, 3.8) is 0 Å². The van der Waals surface area contributed by atoms with Gasteiger partial charge in [-0.1, -0.05) is 17.3 Å². The first-order valence-electron chi connectivity index (χ1n) is 5.63. The molecule has 1 aliphatic heterocycles. The first kappa shape index (κ1) is 9.81. The van der Waals surface area contributed by atoms with Crippen LogP contribution in [0.15, 0.2) is 28.8 Å². The second kappa shape index (κ2) is 3.88. The molecule has 1 aromatic heterocycles. The number of para-hydroxylation sites is 1. The minimum Gasteiger partial charge on any atom is -0.356 e. The predicted octanol–water partition coefficient (Wildman–Crippen LogP) is 2.40. The highest BCUT2D eigenvalue weighted by Gasteiger charge is 2.23. The van der Waals surface area contributed by atoms with Crippen molar-refractivity contribution in [3.8, 4) is 0 Å². The number of rotatable bonds is 1. The highest BCUT2D eigenvalue weighted by Crippen LogP contribution is 2.31. The van der Waals surface area contributed by atoms with Crippen LogP contribution in [0.25, 0.3) is 11.0 Å². The third-order valence-electron chi connectivity index (χ3n) is 3.26. The van der Waals surface area contributed by atoms with Gasteiger partial charge in [-0.2, -0.15) is 5.06 Å². The molecule has 0 unspecified atom stereocenters. The molecule has 2 heterocycles. The first-order valence-corrected chi connectivity index (χ1v) is 5.63. The van der Waals surface area contributed by atoms with E-state index < -0.39 is 0 Å². The summed E-state index contributed by atoms with van der Waals surface area (Å²) in [5, 5.41) is 16.0. The molecule has 0 radical (unpaired) electrons. The zero-order chi connectivity index (χ0) is 11.0. The van der Waals surface area contributed by atoms with Crippen molar-refractivity contribution in [2.45, 2.75) is 18.8 Å². The standard InChI is InChI=1S/C12H14N2O2/c15-14-7-5-9(6-8-14)12-10-3-1-2-4-11(10)16-13-12/h1-4,9,15H,5-8H2. The van der Waals surface area contributed by atoms with E-state index in [4.69, 9.17) is 4.52 Å². The molecule has 0 spiro atoms. The van der Waals surface area contributed by atoms with Gasteiger partial charge in [-0.15, -0.1) is 0 Å². The molecule has 0 atom stereocenters. The van der Waals surface area contributed by atoms with E-state index in [0.717, 1.165) is 29.5 Å². The molecule has 0 bridgehead atoms. The SMILES string of the molecule is ON1CCC(c2noc3ccccc23)CC1. The molecule has 1 N–H and O–H groups in total. The van der Waals surface area contributed by atoms with Gasteiger partial charge in [-0.05, 0) is 25.0 Å². The normalized spacial score (nSPS) is 19.3. The fourth-order valence-electron chi connectivity index (χ4n) is 2.34. The quantitative estimate of drug-likeness (QED) is 0.798. The summed E-state index contributed by atoms with van der Waals surface area (Å²) in [6.45, 7) is 1.43. The Labute approximate surface area is 93.4 Å². The maximum absolute atomic E-state index is 9.33. The van der Waals surface area contributed by atoms with Gasteiger partial charge >= 0.3 is 0 Å². The van der Waals surface area contributed by atoms with Gasteiger partial charge < -0.3 is 9.73 Å². The summed E-state index contributed by atoms with van der Waals surface area (Å²) in [5.41, 5.74) is 1.90. The maximum atomic E-state index is 9.33. The molecular weight excluding hydrogens is 204 g/mol. The number of nitrogens with zero attached hydrogens (tertiary/aromatic N) is 2. The lowest BCUT2D eigenvalue weighted by atomic mass is 9.92. The number of fused-ring (bicyclic) bond motifs is 1. The summed E-state index contributed by atoms with van der Waals surface area (Å²) in [5.74, 6) is 0.409. The Kier molecular flexibility index (Phi) is 2.38. The van der Waals surface area contributed by atoms with Crippen molar-refractivity contribution in [2.75, 3.05) is 13.1 Å². The van der Waals surface area contributed by atoms with Crippen molar-refractivity contribution in [2.24, 2.45) is 0 Å². The van der Waals surface area contributed by atoms with Gasteiger partial charge in [0.2, 0.25) is 0 Å². The Balaban J connectivity index is 1.94. The Morgan fingerprint density at radius 2 is 2.00 bits per heavy atom. The first-order chi connectivity index (χ1) is 7.84. The molecule has 3 rings (SSSR count). The fraction of sp³-hybridized carbons (Fsp3) is 0.417. The summed E-state index contributed by atoms with van der Waals surface area (Å²) in [7, 11) is 0. The monoisotopic (exact) mass is 218 g/mol. The molecule has 16 heavy (non-hydrogen) atoms. The molecule has 0 amide bonds. The molecule has 4 heteroatoms. The lowest BCUT2D eigenvalue weighted by Crippen LogP contribution is -2.29. The van der Waals surface area contributed by atoms with Crippen LogP contribution in [0, 0.1) is 0 Å². The third kappa shape index (κ3) is 1.60. The maximum Gasteiger partial charge on any atom is 0.167 e. The summed E-state index contributed by atoms with van der Waals surface area (Å²) < 4.78 is 5.30. The summed E-state index contributed by atoms with van der Waals surface area (Å²) in [4.78, 5) is 0. The van der Waals surface area contributed by atoms with E-state index in [1.807, 2.05) is 24.3 Å². The molecule has 1 aromatic carbocycles. The molecule has 2 aromatic rings. The molecule has 84 valence electrons. The second-order valence-electron chi connectivity index (χ2n) is 4.29. The Bertz CT molecular complexity index is 486. The number of hydrogen-bond donors (Lipinski definition) is 1. The van der Waals surface area contributed by atoms with Crippen LogP contribution in [-0.4, -0.2) is 28.5 Å². The van der Waals surface area contributed by atoms with Crippen LogP contribution in [0.2, 0.25) is 0 Å².